The molecule has 0 spiro atoms. The number of aliphatic hydroxyl groups is 1. The quantitative estimate of drug-likeness (QED) is 0.651. The topological polar surface area (TPSA) is 44.1 Å². The summed E-state index contributed by atoms with van der Waals surface area (Å²) in [6.45, 7) is 0.0504. The first-order chi connectivity index (χ1) is 5.86. The van der Waals surface area contributed by atoms with Crippen molar-refractivity contribution in [2.75, 3.05) is 6.61 Å². The largest absolute Gasteiger partial charge is 0.392 e. The molecule has 0 radical (unpaired) electrons. The zero-order valence-corrected chi connectivity index (χ0v) is 6.70. The van der Waals surface area contributed by atoms with E-state index in [0.29, 0.717) is 0 Å². The van der Waals surface area contributed by atoms with Crippen LogP contribution in [0, 0.1) is 5.41 Å². The van der Waals surface area contributed by atoms with Crippen LogP contribution in [0.3, 0.4) is 0 Å². The molecule has 0 aliphatic carbocycles. The lowest BCUT2D eigenvalue weighted by molar-refractivity contribution is 0.343. The number of aliphatic hydroxyl groups excluding tert-OH is 1. The zero-order chi connectivity index (χ0) is 8.81. The molecule has 1 aromatic rings. The van der Waals surface area contributed by atoms with Crippen LogP contribution in [0.4, 0.5) is 0 Å². The predicted molar refractivity (Wildman–Crippen MR) is 50.4 cm³/mol. The Labute approximate surface area is 71.7 Å². The van der Waals surface area contributed by atoms with Gasteiger partial charge in [-0.25, -0.2) is 0 Å². The smallest absolute Gasteiger partial charge is 0.0615 e. The van der Waals surface area contributed by atoms with Gasteiger partial charge < -0.3 is 10.5 Å². The predicted octanol–water partition coefficient (Wildman–Crippen LogP) is 1.69. The van der Waals surface area contributed by atoms with Gasteiger partial charge in [0.2, 0.25) is 0 Å². The molecule has 1 rings (SSSR count). The van der Waals surface area contributed by atoms with Crippen LogP contribution in [0.2, 0.25) is 0 Å². The molecular weight excluding hydrogens is 150 g/mol. The molecule has 2 nitrogen and oxygen atoms in total. The molecule has 0 aromatic heterocycles. The first-order valence-corrected chi connectivity index (χ1v) is 3.75. The second-order valence-electron chi connectivity index (χ2n) is 2.40. The van der Waals surface area contributed by atoms with Crippen molar-refractivity contribution in [1.29, 1.82) is 5.41 Å². The molecule has 62 valence electrons. The third-order valence-corrected chi connectivity index (χ3v) is 1.49. The Bertz CT molecular complexity index is 292. The molecule has 0 fully saturated rings. The molecule has 2 heteroatoms. The minimum Gasteiger partial charge on any atom is -0.392 e. The van der Waals surface area contributed by atoms with Gasteiger partial charge in [-0.2, -0.15) is 0 Å². The lowest BCUT2D eigenvalue weighted by atomic mass is 10.1. The summed E-state index contributed by atoms with van der Waals surface area (Å²) < 4.78 is 0. The van der Waals surface area contributed by atoms with Crippen molar-refractivity contribution >= 4 is 12.3 Å². The first kappa shape index (κ1) is 8.68. The highest BCUT2D eigenvalue weighted by Crippen LogP contribution is 2.04. The molecule has 0 saturated heterocycles. The van der Waals surface area contributed by atoms with Crippen LogP contribution in [-0.4, -0.2) is 17.9 Å². The highest BCUT2D eigenvalue weighted by atomic mass is 16.2. The molecule has 0 unspecified atom stereocenters. The second kappa shape index (κ2) is 4.46. The number of hydrogen-bond donors (Lipinski definition) is 2. The Morgan fingerprint density at radius 1 is 1.33 bits per heavy atom. The summed E-state index contributed by atoms with van der Waals surface area (Å²) in [4.78, 5) is 0. The molecule has 12 heavy (non-hydrogen) atoms. The van der Waals surface area contributed by atoms with Crippen LogP contribution >= 0.6 is 0 Å². The van der Waals surface area contributed by atoms with Crippen molar-refractivity contribution in [3.63, 3.8) is 0 Å². The van der Waals surface area contributed by atoms with E-state index in [9.17, 15) is 0 Å². The monoisotopic (exact) mass is 161 g/mol. The zero-order valence-electron chi connectivity index (χ0n) is 6.70. The normalized spacial score (nSPS) is 10.4. The summed E-state index contributed by atoms with van der Waals surface area (Å²) in [6.07, 6.45) is 4.80. The van der Waals surface area contributed by atoms with Gasteiger partial charge in [0.15, 0.2) is 0 Å². The van der Waals surface area contributed by atoms with E-state index in [0.717, 1.165) is 11.1 Å². The third kappa shape index (κ3) is 2.32. The van der Waals surface area contributed by atoms with Crippen LogP contribution in [0.25, 0.3) is 6.08 Å². The second-order valence-corrected chi connectivity index (χ2v) is 2.40. The molecule has 0 aliphatic rings. The first-order valence-electron chi connectivity index (χ1n) is 3.75. The van der Waals surface area contributed by atoms with Crippen LogP contribution in [0.5, 0.6) is 0 Å². The van der Waals surface area contributed by atoms with E-state index < -0.39 is 0 Å². The number of nitrogens with one attached hydrogen (secondary N) is 1. The van der Waals surface area contributed by atoms with Crippen molar-refractivity contribution in [1.82, 2.24) is 0 Å². The maximum absolute atomic E-state index is 8.52. The van der Waals surface area contributed by atoms with Gasteiger partial charge >= 0.3 is 0 Å². The van der Waals surface area contributed by atoms with Gasteiger partial charge in [-0.15, -0.1) is 0 Å². The fourth-order valence-corrected chi connectivity index (χ4v) is 0.941. The minimum absolute atomic E-state index is 0.0504. The molecule has 0 saturated carbocycles. The standard InChI is InChI=1S/C10H11NO/c11-8-10-4-1-3-9(7-10)5-2-6-12/h1-5,7-8,11-12H,6H2/b5-2+,11-8?. The van der Waals surface area contributed by atoms with Crippen molar-refractivity contribution < 1.29 is 5.11 Å². The number of rotatable bonds is 3. The molecule has 0 amide bonds. The van der Waals surface area contributed by atoms with Crippen LogP contribution in [0.1, 0.15) is 11.1 Å². The Morgan fingerprint density at radius 3 is 2.75 bits per heavy atom. The molecule has 0 bridgehead atoms. The fourth-order valence-electron chi connectivity index (χ4n) is 0.941. The van der Waals surface area contributed by atoms with Crippen LogP contribution in [0.15, 0.2) is 30.3 Å². The van der Waals surface area contributed by atoms with E-state index in [1.165, 1.54) is 6.21 Å². The molecule has 0 heterocycles. The van der Waals surface area contributed by atoms with Gasteiger partial charge in [-0.3, -0.25) is 0 Å². The van der Waals surface area contributed by atoms with E-state index in [2.05, 4.69) is 0 Å². The molecule has 0 aliphatic heterocycles. The fraction of sp³-hybridized carbons (Fsp3) is 0.100. The van der Waals surface area contributed by atoms with Gasteiger partial charge in [0.25, 0.3) is 0 Å². The van der Waals surface area contributed by atoms with Gasteiger partial charge in [0.05, 0.1) is 6.61 Å². The van der Waals surface area contributed by atoms with Crippen LogP contribution in [-0.2, 0) is 0 Å². The van der Waals surface area contributed by atoms with E-state index in [1.54, 1.807) is 6.08 Å². The van der Waals surface area contributed by atoms with Gasteiger partial charge in [0.1, 0.15) is 0 Å². The average Bonchev–Trinajstić information content (AvgIpc) is 2.15. The summed E-state index contributed by atoms with van der Waals surface area (Å²) in [5, 5.41) is 15.5. The third-order valence-electron chi connectivity index (χ3n) is 1.49. The molecule has 2 N–H and O–H groups in total. The van der Waals surface area contributed by atoms with Gasteiger partial charge in [-0.1, -0.05) is 30.4 Å². The Morgan fingerprint density at radius 2 is 2.08 bits per heavy atom. The average molecular weight is 161 g/mol. The lowest BCUT2D eigenvalue weighted by Crippen LogP contribution is -1.80. The SMILES string of the molecule is N=Cc1cccc(/C=C/CO)c1. The highest BCUT2D eigenvalue weighted by Gasteiger charge is 1.87. The number of hydrogen-bond acceptors (Lipinski definition) is 2. The van der Waals surface area contributed by atoms with Gasteiger partial charge in [-0.05, 0) is 17.2 Å². The van der Waals surface area contributed by atoms with E-state index in [-0.39, 0.29) is 6.61 Å². The van der Waals surface area contributed by atoms with Crippen molar-refractivity contribution in [2.24, 2.45) is 0 Å². The van der Waals surface area contributed by atoms with Crippen molar-refractivity contribution in [3.05, 3.63) is 41.5 Å². The maximum Gasteiger partial charge on any atom is 0.0615 e. The summed E-state index contributed by atoms with van der Waals surface area (Å²) in [5.41, 5.74) is 1.88. The van der Waals surface area contributed by atoms with Gasteiger partial charge in [0, 0.05) is 6.21 Å². The molecule has 0 atom stereocenters. The highest BCUT2D eigenvalue weighted by molar-refractivity contribution is 5.78. The van der Waals surface area contributed by atoms with E-state index in [1.807, 2.05) is 30.3 Å². The number of benzene rings is 1. The Kier molecular flexibility index (Phi) is 3.23. The van der Waals surface area contributed by atoms with E-state index >= 15 is 0 Å². The summed E-state index contributed by atoms with van der Waals surface area (Å²) >= 11 is 0. The molecular formula is C10H11NO. The summed E-state index contributed by atoms with van der Waals surface area (Å²) in [5.74, 6) is 0. The van der Waals surface area contributed by atoms with E-state index in [4.69, 9.17) is 10.5 Å². The Hall–Kier alpha value is -1.41. The Balaban J connectivity index is 2.86. The van der Waals surface area contributed by atoms with Crippen molar-refractivity contribution in [2.45, 2.75) is 0 Å². The summed E-state index contributed by atoms with van der Waals surface area (Å²) in [7, 11) is 0. The lowest BCUT2D eigenvalue weighted by Gasteiger charge is -1.94. The molecule has 1 aromatic carbocycles. The minimum atomic E-state index is 0.0504. The van der Waals surface area contributed by atoms with Crippen LogP contribution < -0.4 is 0 Å². The maximum atomic E-state index is 8.52. The van der Waals surface area contributed by atoms with Crippen molar-refractivity contribution in [3.8, 4) is 0 Å². The summed E-state index contributed by atoms with van der Waals surface area (Å²) in [6, 6.07) is 7.57.